The maximum atomic E-state index is 10.8. The van der Waals surface area contributed by atoms with Crippen molar-refractivity contribution in [2.45, 2.75) is 26.4 Å². The van der Waals surface area contributed by atoms with Crippen LogP contribution in [0.4, 0.5) is 0 Å². The zero-order valence-electron chi connectivity index (χ0n) is 8.95. The number of rotatable bonds is 3. The van der Waals surface area contributed by atoms with Crippen LogP contribution in [0.2, 0.25) is 0 Å². The molecule has 0 aliphatic carbocycles. The first-order chi connectivity index (χ1) is 7.24. The van der Waals surface area contributed by atoms with Crippen molar-refractivity contribution in [3.05, 3.63) is 23.3 Å². The Morgan fingerprint density at radius 2 is 2.40 bits per heavy atom. The number of hydrogen-bond donors (Lipinski definition) is 0. The Bertz CT molecular complexity index is 385. The second-order valence-electron chi connectivity index (χ2n) is 3.68. The van der Waals surface area contributed by atoms with Crippen LogP contribution in [0.25, 0.3) is 0 Å². The van der Waals surface area contributed by atoms with Crippen molar-refractivity contribution in [1.82, 2.24) is 0 Å². The topological polar surface area (TPSA) is 35.5 Å². The molecule has 0 bridgehead atoms. The summed E-state index contributed by atoms with van der Waals surface area (Å²) in [4.78, 5) is 10.8. The molecule has 0 saturated carbocycles. The zero-order chi connectivity index (χ0) is 10.8. The van der Waals surface area contributed by atoms with Crippen molar-refractivity contribution in [2.75, 3.05) is 6.61 Å². The average molecular weight is 206 g/mol. The van der Waals surface area contributed by atoms with E-state index in [0.717, 1.165) is 24.0 Å². The molecule has 80 valence electrons. The fourth-order valence-corrected chi connectivity index (χ4v) is 1.83. The molecule has 0 amide bonds. The maximum Gasteiger partial charge on any atom is 0.153 e. The molecule has 0 unspecified atom stereocenters. The first-order valence-corrected chi connectivity index (χ1v) is 5.16. The SMILES string of the molecule is CCOc1cc2c(cc1C=O)O[C@H](C)C2. The Morgan fingerprint density at radius 1 is 1.60 bits per heavy atom. The third-order valence-electron chi connectivity index (χ3n) is 2.46. The van der Waals surface area contributed by atoms with Gasteiger partial charge in [-0.1, -0.05) is 0 Å². The molecule has 3 heteroatoms. The summed E-state index contributed by atoms with van der Waals surface area (Å²) < 4.78 is 11.0. The van der Waals surface area contributed by atoms with Crippen LogP contribution in [-0.2, 0) is 6.42 Å². The minimum Gasteiger partial charge on any atom is -0.493 e. The molecule has 1 atom stereocenters. The van der Waals surface area contributed by atoms with Crippen LogP contribution in [-0.4, -0.2) is 19.0 Å². The van der Waals surface area contributed by atoms with Crippen molar-refractivity contribution in [3.63, 3.8) is 0 Å². The molecule has 1 aromatic rings. The third kappa shape index (κ3) is 1.82. The van der Waals surface area contributed by atoms with Crippen LogP contribution in [0.5, 0.6) is 11.5 Å². The molecule has 1 heterocycles. The second-order valence-corrected chi connectivity index (χ2v) is 3.68. The van der Waals surface area contributed by atoms with Crippen molar-refractivity contribution in [2.24, 2.45) is 0 Å². The van der Waals surface area contributed by atoms with Crippen LogP contribution in [0.15, 0.2) is 12.1 Å². The van der Waals surface area contributed by atoms with Gasteiger partial charge in [0.2, 0.25) is 0 Å². The summed E-state index contributed by atoms with van der Waals surface area (Å²) in [5.41, 5.74) is 1.68. The minimum atomic E-state index is 0.191. The number of benzene rings is 1. The Labute approximate surface area is 89.0 Å². The highest BCUT2D eigenvalue weighted by molar-refractivity contribution is 5.81. The number of fused-ring (bicyclic) bond motifs is 1. The van der Waals surface area contributed by atoms with Gasteiger partial charge in [-0.15, -0.1) is 0 Å². The van der Waals surface area contributed by atoms with Crippen molar-refractivity contribution in [1.29, 1.82) is 0 Å². The van der Waals surface area contributed by atoms with Crippen LogP contribution in [0, 0.1) is 0 Å². The van der Waals surface area contributed by atoms with Crippen molar-refractivity contribution in [3.8, 4) is 11.5 Å². The van der Waals surface area contributed by atoms with Gasteiger partial charge in [-0.05, 0) is 26.0 Å². The summed E-state index contributed by atoms with van der Waals surface area (Å²) >= 11 is 0. The van der Waals surface area contributed by atoms with Gasteiger partial charge in [-0.25, -0.2) is 0 Å². The van der Waals surface area contributed by atoms with Gasteiger partial charge in [0.25, 0.3) is 0 Å². The minimum absolute atomic E-state index is 0.191. The number of carbonyl (C=O) groups is 1. The van der Waals surface area contributed by atoms with E-state index >= 15 is 0 Å². The van der Waals surface area contributed by atoms with Gasteiger partial charge >= 0.3 is 0 Å². The Hall–Kier alpha value is -1.51. The first kappa shape index (κ1) is 10.0. The van der Waals surface area contributed by atoms with Gasteiger partial charge in [-0.3, -0.25) is 4.79 Å². The smallest absolute Gasteiger partial charge is 0.153 e. The zero-order valence-corrected chi connectivity index (χ0v) is 8.95. The predicted molar refractivity (Wildman–Crippen MR) is 56.8 cm³/mol. The molecular formula is C12H14O3. The van der Waals surface area contributed by atoms with Gasteiger partial charge in [0.15, 0.2) is 6.29 Å². The van der Waals surface area contributed by atoms with Gasteiger partial charge in [0.05, 0.1) is 12.2 Å². The number of carbonyl (C=O) groups excluding carboxylic acids is 1. The van der Waals surface area contributed by atoms with Crippen LogP contribution in [0.1, 0.15) is 29.8 Å². The fourth-order valence-electron chi connectivity index (χ4n) is 1.83. The van der Waals surface area contributed by atoms with E-state index in [-0.39, 0.29) is 6.10 Å². The molecule has 1 aliphatic rings. The van der Waals surface area contributed by atoms with E-state index < -0.39 is 0 Å². The maximum absolute atomic E-state index is 10.8. The summed E-state index contributed by atoms with van der Waals surface area (Å²) in [6.45, 7) is 4.48. The molecule has 3 nitrogen and oxygen atoms in total. The summed E-state index contributed by atoms with van der Waals surface area (Å²) in [7, 11) is 0. The van der Waals surface area contributed by atoms with E-state index in [1.165, 1.54) is 0 Å². The predicted octanol–water partition coefficient (Wildman–Crippen LogP) is 2.22. The lowest BCUT2D eigenvalue weighted by atomic mass is 10.1. The summed E-state index contributed by atoms with van der Waals surface area (Å²) in [6.07, 6.45) is 1.88. The van der Waals surface area contributed by atoms with E-state index in [1.54, 1.807) is 6.07 Å². The molecule has 15 heavy (non-hydrogen) atoms. The van der Waals surface area contributed by atoms with E-state index in [9.17, 15) is 4.79 Å². The Morgan fingerprint density at radius 3 is 3.07 bits per heavy atom. The highest BCUT2D eigenvalue weighted by Crippen LogP contribution is 2.34. The van der Waals surface area contributed by atoms with Crippen molar-refractivity contribution >= 4 is 6.29 Å². The monoisotopic (exact) mass is 206 g/mol. The lowest BCUT2D eigenvalue weighted by Crippen LogP contribution is -2.05. The molecule has 0 saturated heterocycles. The molecule has 0 N–H and O–H groups in total. The quantitative estimate of drug-likeness (QED) is 0.711. The number of ether oxygens (including phenoxy) is 2. The standard InChI is InChI=1S/C12H14O3/c1-3-14-11-5-9-4-8(2)15-12(9)6-10(11)7-13/h5-8H,3-4H2,1-2H3/t8-/m1/s1. The summed E-state index contributed by atoms with van der Waals surface area (Å²) in [6, 6.07) is 3.67. The molecule has 2 rings (SSSR count). The lowest BCUT2D eigenvalue weighted by Gasteiger charge is -2.08. The average Bonchev–Trinajstić information content (AvgIpc) is 2.56. The van der Waals surface area contributed by atoms with Gasteiger partial charge in [0, 0.05) is 12.0 Å². The molecular weight excluding hydrogens is 192 g/mol. The number of hydrogen-bond acceptors (Lipinski definition) is 3. The van der Waals surface area contributed by atoms with E-state index in [1.807, 2.05) is 19.9 Å². The molecule has 1 aliphatic heterocycles. The van der Waals surface area contributed by atoms with E-state index in [2.05, 4.69) is 0 Å². The first-order valence-electron chi connectivity index (χ1n) is 5.16. The molecule has 0 aromatic heterocycles. The summed E-state index contributed by atoms with van der Waals surface area (Å²) in [5.74, 6) is 1.47. The third-order valence-corrected chi connectivity index (χ3v) is 2.46. The van der Waals surface area contributed by atoms with Crippen LogP contribution >= 0.6 is 0 Å². The van der Waals surface area contributed by atoms with Gasteiger partial charge in [-0.2, -0.15) is 0 Å². The Kier molecular flexibility index (Phi) is 2.62. The fraction of sp³-hybridized carbons (Fsp3) is 0.417. The molecule has 0 fully saturated rings. The van der Waals surface area contributed by atoms with E-state index in [0.29, 0.717) is 17.9 Å². The largest absolute Gasteiger partial charge is 0.493 e. The molecule has 0 spiro atoms. The highest BCUT2D eigenvalue weighted by Gasteiger charge is 2.21. The van der Waals surface area contributed by atoms with Crippen molar-refractivity contribution < 1.29 is 14.3 Å². The van der Waals surface area contributed by atoms with E-state index in [4.69, 9.17) is 9.47 Å². The Balaban J connectivity index is 2.41. The number of aldehydes is 1. The van der Waals surface area contributed by atoms with Crippen LogP contribution < -0.4 is 9.47 Å². The van der Waals surface area contributed by atoms with Gasteiger partial charge < -0.3 is 9.47 Å². The molecule has 0 radical (unpaired) electrons. The summed E-state index contributed by atoms with van der Waals surface area (Å²) in [5, 5.41) is 0. The lowest BCUT2D eigenvalue weighted by molar-refractivity contribution is 0.111. The molecule has 1 aromatic carbocycles. The normalized spacial score (nSPS) is 18.1. The van der Waals surface area contributed by atoms with Crippen LogP contribution in [0.3, 0.4) is 0 Å². The second kappa shape index (κ2) is 3.93. The highest BCUT2D eigenvalue weighted by atomic mass is 16.5. The van der Waals surface area contributed by atoms with Gasteiger partial charge in [0.1, 0.15) is 17.6 Å².